The second-order valence-electron chi connectivity index (χ2n) is 6.24. The molecule has 0 saturated heterocycles. The van der Waals surface area contributed by atoms with Gasteiger partial charge in [-0.05, 0) is 33.6 Å². The Labute approximate surface area is 127 Å². The third kappa shape index (κ3) is 6.16. The molecule has 6 nitrogen and oxygen atoms in total. The highest BCUT2D eigenvalue weighted by molar-refractivity contribution is 5.74. The molecule has 1 heterocycles. The third-order valence-corrected chi connectivity index (χ3v) is 3.28. The van der Waals surface area contributed by atoms with Crippen LogP contribution in [0.3, 0.4) is 0 Å². The number of aryl methyl sites for hydroxylation is 1. The van der Waals surface area contributed by atoms with E-state index in [0.717, 1.165) is 12.4 Å². The van der Waals surface area contributed by atoms with Crippen molar-refractivity contribution in [3.05, 3.63) is 18.2 Å². The molecule has 1 unspecified atom stereocenters. The molecule has 0 aliphatic heterocycles. The number of imidazole rings is 1. The molecular formula is C15H28N4O2. The van der Waals surface area contributed by atoms with Gasteiger partial charge in [0.05, 0.1) is 12.1 Å². The van der Waals surface area contributed by atoms with E-state index in [1.54, 1.807) is 24.9 Å². The Morgan fingerprint density at radius 2 is 2.24 bits per heavy atom. The second-order valence-corrected chi connectivity index (χ2v) is 6.24. The lowest BCUT2D eigenvalue weighted by molar-refractivity contribution is 0.0479. The van der Waals surface area contributed by atoms with Gasteiger partial charge in [0.15, 0.2) is 0 Å². The predicted molar refractivity (Wildman–Crippen MR) is 83.1 cm³/mol. The summed E-state index contributed by atoms with van der Waals surface area (Å²) >= 11 is 0. The Hall–Kier alpha value is -1.56. The summed E-state index contributed by atoms with van der Waals surface area (Å²) in [4.78, 5) is 17.9. The molecule has 6 heteroatoms. The van der Waals surface area contributed by atoms with Crippen molar-refractivity contribution >= 4 is 6.03 Å². The summed E-state index contributed by atoms with van der Waals surface area (Å²) in [5.41, 5.74) is -0.882. The molecule has 0 saturated carbocycles. The van der Waals surface area contributed by atoms with Crippen LogP contribution in [0.15, 0.2) is 12.4 Å². The summed E-state index contributed by atoms with van der Waals surface area (Å²) in [5.74, 6) is 1.29. The Morgan fingerprint density at radius 1 is 1.57 bits per heavy atom. The lowest BCUT2D eigenvalue weighted by Crippen LogP contribution is -2.47. The number of nitrogens with zero attached hydrogens (tertiary/aromatic N) is 3. The fourth-order valence-corrected chi connectivity index (χ4v) is 2.16. The SMILES string of the molecule is CCN(CC(C)(C)O)C(=O)NCC(C)Cn1ccnc1C. The van der Waals surface area contributed by atoms with E-state index >= 15 is 0 Å². The number of carbonyl (C=O) groups is 1. The number of nitrogens with one attached hydrogen (secondary N) is 1. The molecule has 1 atom stereocenters. The Bertz CT molecular complexity index is 451. The molecule has 0 radical (unpaired) electrons. The lowest BCUT2D eigenvalue weighted by atomic mass is 10.1. The van der Waals surface area contributed by atoms with Crippen molar-refractivity contribution < 1.29 is 9.90 Å². The highest BCUT2D eigenvalue weighted by Gasteiger charge is 2.21. The minimum atomic E-state index is -0.882. The maximum atomic E-state index is 12.1. The largest absolute Gasteiger partial charge is 0.389 e. The smallest absolute Gasteiger partial charge is 0.317 e. The minimum absolute atomic E-state index is 0.131. The van der Waals surface area contributed by atoms with Gasteiger partial charge in [0.25, 0.3) is 0 Å². The molecule has 120 valence electrons. The van der Waals surface area contributed by atoms with Crippen LogP contribution in [-0.4, -0.2) is 50.8 Å². The van der Waals surface area contributed by atoms with E-state index in [0.29, 0.717) is 25.6 Å². The topological polar surface area (TPSA) is 70.4 Å². The molecule has 21 heavy (non-hydrogen) atoms. The summed E-state index contributed by atoms with van der Waals surface area (Å²) in [5, 5.41) is 12.7. The number of hydrogen-bond acceptors (Lipinski definition) is 3. The van der Waals surface area contributed by atoms with Crippen molar-refractivity contribution in [3.8, 4) is 0 Å². The molecule has 2 N–H and O–H groups in total. The first kappa shape index (κ1) is 17.5. The van der Waals surface area contributed by atoms with Gasteiger partial charge in [0.2, 0.25) is 0 Å². The average Bonchev–Trinajstić information content (AvgIpc) is 2.77. The number of likely N-dealkylation sites (N-methyl/N-ethyl adjacent to an activating group) is 1. The maximum Gasteiger partial charge on any atom is 0.317 e. The van der Waals surface area contributed by atoms with E-state index < -0.39 is 5.60 Å². The van der Waals surface area contributed by atoms with Gasteiger partial charge >= 0.3 is 6.03 Å². The van der Waals surface area contributed by atoms with Gasteiger partial charge < -0.3 is 19.9 Å². The third-order valence-electron chi connectivity index (χ3n) is 3.28. The first-order valence-corrected chi connectivity index (χ1v) is 7.46. The van der Waals surface area contributed by atoms with Crippen LogP contribution in [0.4, 0.5) is 4.79 Å². The summed E-state index contributed by atoms with van der Waals surface area (Å²) in [7, 11) is 0. The molecule has 1 aromatic rings. The summed E-state index contributed by atoms with van der Waals surface area (Å²) < 4.78 is 2.07. The number of carbonyl (C=O) groups excluding carboxylic acids is 1. The van der Waals surface area contributed by atoms with Crippen molar-refractivity contribution in [2.24, 2.45) is 5.92 Å². The minimum Gasteiger partial charge on any atom is -0.389 e. The molecule has 0 aromatic carbocycles. The van der Waals surface area contributed by atoms with Crippen LogP contribution in [0.2, 0.25) is 0 Å². The number of aliphatic hydroxyl groups is 1. The fourth-order valence-electron chi connectivity index (χ4n) is 2.16. The van der Waals surface area contributed by atoms with Crippen LogP contribution >= 0.6 is 0 Å². The summed E-state index contributed by atoms with van der Waals surface area (Å²) in [6.45, 7) is 11.7. The van der Waals surface area contributed by atoms with Crippen LogP contribution in [0.25, 0.3) is 0 Å². The fraction of sp³-hybridized carbons (Fsp3) is 0.733. The average molecular weight is 296 g/mol. The molecule has 1 aromatic heterocycles. The molecule has 0 aliphatic rings. The van der Waals surface area contributed by atoms with Crippen molar-refractivity contribution in [2.75, 3.05) is 19.6 Å². The van der Waals surface area contributed by atoms with Crippen molar-refractivity contribution in [3.63, 3.8) is 0 Å². The second kappa shape index (κ2) is 7.45. The molecule has 0 aliphatic carbocycles. The van der Waals surface area contributed by atoms with Crippen LogP contribution < -0.4 is 5.32 Å². The van der Waals surface area contributed by atoms with Crippen LogP contribution in [0.5, 0.6) is 0 Å². The maximum absolute atomic E-state index is 12.1. The Kier molecular flexibility index (Phi) is 6.20. The lowest BCUT2D eigenvalue weighted by Gasteiger charge is -2.28. The van der Waals surface area contributed by atoms with Gasteiger partial charge in [-0.2, -0.15) is 0 Å². The zero-order chi connectivity index (χ0) is 16.0. The quantitative estimate of drug-likeness (QED) is 0.803. The number of urea groups is 1. The molecule has 0 spiro atoms. The van der Waals surface area contributed by atoms with E-state index in [1.165, 1.54) is 0 Å². The van der Waals surface area contributed by atoms with Crippen molar-refractivity contribution in [1.29, 1.82) is 0 Å². The van der Waals surface area contributed by atoms with E-state index in [4.69, 9.17) is 0 Å². The van der Waals surface area contributed by atoms with Gasteiger partial charge in [-0.1, -0.05) is 6.92 Å². The normalized spacial score (nSPS) is 13.0. The highest BCUT2D eigenvalue weighted by atomic mass is 16.3. The van der Waals surface area contributed by atoms with Gasteiger partial charge in [-0.3, -0.25) is 0 Å². The first-order valence-electron chi connectivity index (χ1n) is 7.46. The van der Waals surface area contributed by atoms with Crippen LogP contribution in [-0.2, 0) is 6.54 Å². The Balaban J connectivity index is 2.42. The van der Waals surface area contributed by atoms with E-state index in [2.05, 4.69) is 21.8 Å². The summed E-state index contributed by atoms with van der Waals surface area (Å²) in [6, 6.07) is -0.131. The molecule has 0 bridgehead atoms. The number of aromatic nitrogens is 2. The zero-order valence-electron chi connectivity index (χ0n) is 13.8. The van der Waals surface area contributed by atoms with Crippen LogP contribution in [0, 0.1) is 12.8 Å². The van der Waals surface area contributed by atoms with Crippen molar-refractivity contribution in [1.82, 2.24) is 19.8 Å². The van der Waals surface area contributed by atoms with E-state index in [1.807, 2.05) is 20.0 Å². The van der Waals surface area contributed by atoms with Gasteiger partial charge in [0.1, 0.15) is 5.82 Å². The highest BCUT2D eigenvalue weighted by Crippen LogP contribution is 2.06. The Morgan fingerprint density at radius 3 is 2.71 bits per heavy atom. The number of amides is 2. The molecule has 2 amide bonds. The number of hydrogen-bond donors (Lipinski definition) is 2. The van der Waals surface area contributed by atoms with Crippen molar-refractivity contribution in [2.45, 2.75) is 46.8 Å². The first-order chi connectivity index (χ1) is 9.73. The predicted octanol–water partition coefficient (Wildman–Crippen LogP) is 1.63. The monoisotopic (exact) mass is 296 g/mol. The molecular weight excluding hydrogens is 268 g/mol. The molecule has 0 fully saturated rings. The van der Waals surface area contributed by atoms with E-state index in [-0.39, 0.29) is 6.03 Å². The van der Waals surface area contributed by atoms with Gasteiger partial charge in [-0.15, -0.1) is 0 Å². The van der Waals surface area contributed by atoms with Gasteiger partial charge in [-0.25, -0.2) is 9.78 Å². The zero-order valence-corrected chi connectivity index (χ0v) is 13.8. The standard InChI is InChI=1S/C15H28N4O2/c1-6-18(11-15(4,5)21)14(20)17-9-12(2)10-19-8-7-16-13(19)3/h7-8,12,21H,6,9-11H2,1-5H3,(H,17,20). The summed E-state index contributed by atoms with van der Waals surface area (Å²) in [6.07, 6.45) is 3.73. The number of rotatable bonds is 7. The van der Waals surface area contributed by atoms with Crippen LogP contribution in [0.1, 0.15) is 33.5 Å². The molecule has 1 rings (SSSR count). The van der Waals surface area contributed by atoms with E-state index in [9.17, 15) is 9.90 Å². The van der Waals surface area contributed by atoms with Gasteiger partial charge in [0, 0.05) is 32.0 Å².